The minimum atomic E-state index is -0.276. The maximum absolute atomic E-state index is 13.3. The predicted molar refractivity (Wildman–Crippen MR) is 72.0 cm³/mol. The van der Waals surface area contributed by atoms with E-state index in [-0.39, 0.29) is 5.82 Å². The number of halogens is 2. The molecule has 0 radical (unpaired) electrons. The Labute approximate surface area is 112 Å². The van der Waals surface area contributed by atoms with Gasteiger partial charge >= 0.3 is 0 Å². The molecule has 1 heterocycles. The first-order valence-corrected chi connectivity index (χ1v) is 6.21. The molecule has 0 unspecified atom stereocenters. The summed E-state index contributed by atoms with van der Waals surface area (Å²) in [6, 6.07) is 4.78. The van der Waals surface area contributed by atoms with E-state index in [9.17, 15) is 4.39 Å². The Morgan fingerprint density at radius 1 is 1.29 bits per heavy atom. The number of hydrogen-bond donors (Lipinski definition) is 1. The monoisotopic (exact) mass is 312 g/mol. The summed E-state index contributed by atoms with van der Waals surface area (Å²) in [4.78, 5) is 7.33. The van der Waals surface area contributed by atoms with E-state index < -0.39 is 0 Å². The average Bonchev–Trinajstić information content (AvgIpc) is 2.23. The third-order valence-corrected chi connectivity index (χ3v) is 3.88. The lowest BCUT2D eigenvalue weighted by atomic mass is 10.1. The van der Waals surface area contributed by atoms with Gasteiger partial charge in [-0.05, 0) is 53.5 Å². The lowest BCUT2D eigenvalue weighted by Crippen LogP contribution is -1.95. The highest BCUT2D eigenvalue weighted by Gasteiger charge is 2.06. The summed E-state index contributed by atoms with van der Waals surface area (Å²) in [6.07, 6.45) is 0. The first-order valence-electron chi connectivity index (χ1n) is 5.01. The van der Waals surface area contributed by atoms with E-state index in [0.717, 1.165) is 15.7 Å². The molecule has 0 aliphatic rings. The van der Waals surface area contributed by atoms with Gasteiger partial charge < -0.3 is 4.98 Å². The number of hydrogen-bond acceptors (Lipinski definition) is 2. The van der Waals surface area contributed by atoms with Crippen molar-refractivity contribution >= 4 is 28.1 Å². The predicted octanol–water partition coefficient (Wildman–Crippen LogP) is 4.32. The third-order valence-electron chi connectivity index (χ3n) is 2.35. The topological polar surface area (TPSA) is 28.7 Å². The van der Waals surface area contributed by atoms with Gasteiger partial charge in [0.1, 0.15) is 16.3 Å². The summed E-state index contributed by atoms with van der Waals surface area (Å²) in [5.74, 6) is 0.306. The largest absolute Gasteiger partial charge is 0.342 e. The van der Waals surface area contributed by atoms with Crippen molar-refractivity contribution in [1.29, 1.82) is 0 Å². The SMILES string of the molecule is Cc1cc(F)cc(-c2nc(=S)c(Br)c(C)[nH]2)c1. The van der Waals surface area contributed by atoms with E-state index in [1.165, 1.54) is 12.1 Å². The molecule has 0 bridgehead atoms. The second-order valence-electron chi connectivity index (χ2n) is 3.85. The fourth-order valence-corrected chi connectivity index (χ4v) is 2.01. The van der Waals surface area contributed by atoms with E-state index in [2.05, 4.69) is 25.9 Å². The molecule has 1 N–H and O–H groups in total. The van der Waals surface area contributed by atoms with Gasteiger partial charge in [0, 0.05) is 11.3 Å². The zero-order chi connectivity index (χ0) is 12.6. The van der Waals surface area contributed by atoms with Gasteiger partial charge in [0.2, 0.25) is 0 Å². The molecule has 0 atom stereocenters. The molecular formula is C12H10BrFN2S. The number of nitrogens with zero attached hydrogens (tertiary/aromatic N) is 1. The maximum Gasteiger partial charge on any atom is 0.144 e. The van der Waals surface area contributed by atoms with Crippen LogP contribution in [0.2, 0.25) is 0 Å². The first-order chi connectivity index (χ1) is 7.97. The highest BCUT2D eigenvalue weighted by atomic mass is 79.9. The molecule has 0 amide bonds. The van der Waals surface area contributed by atoms with Crippen molar-refractivity contribution in [3.8, 4) is 11.4 Å². The second-order valence-corrected chi connectivity index (χ2v) is 5.03. The number of nitrogens with one attached hydrogen (secondary N) is 1. The Bertz CT molecular complexity index is 617. The molecule has 1 aromatic carbocycles. The minimum absolute atomic E-state index is 0.276. The summed E-state index contributed by atoms with van der Waals surface area (Å²) in [5.41, 5.74) is 2.42. The highest BCUT2D eigenvalue weighted by Crippen LogP contribution is 2.22. The first kappa shape index (κ1) is 12.4. The number of aromatic amines is 1. The number of aryl methyl sites for hydroxylation is 2. The molecule has 5 heteroatoms. The molecule has 0 spiro atoms. The van der Waals surface area contributed by atoms with Crippen LogP contribution in [0.4, 0.5) is 4.39 Å². The van der Waals surface area contributed by atoms with E-state index in [4.69, 9.17) is 12.2 Å². The van der Waals surface area contributed by atoms with E-state index in [1.807, 2.05) is 19.9 Å². The normalized spacial score (nSPS) is 10.6. The lowest BCUT2D eigenvalue weighted by molar-refractivity contribution is 0.627. The molecule has 2 aromatic rings. The van der Waals surface area contributed by atoms with Crippen LogP contribution in [0.5, 0.6) is 0 Å². The molecule has 1 aromatic heterocycles. The number of H-pyrrole nitrogens is 1. The standard InChI is InChI=1S/C12H10BrFN2S/c1-6-3-8(5-9(14)4-6)11-15-7(2)10(13)12(17)16-11/h3-5H,1-2H3,(H,15,16,17). The van der Waals surface area contributed by atoms with Crippen LogP contribution >= 0.6 is 28.1 Å². The fraction of sp³-hybridized carbons (Fsp3) is 0.167. The number of benzene rings is 1. The van der Waals surface area contributed by atoms with Gasteiger partial charge in [0.05, 0.1) is 4.47 Å². The lowest BCUT2D eigenvalue weighted by Gasteiger charge is -2.06. The maximum atomic E-state index is 13.3. The van der Waals surface area contributed by atoms with Crippen molar-refractivity contribution in [2.24, 2.45) is 0 Å². The van der Waals surface area contributed by atoms with Gasteiger partial charge in [0.25, 0.3) is 0 Å². The third kappa shape index (κ3) is 2.61. The van der Waals surface area contributed by atoms with Crippen molar-refractivity contribution in [1.82, 2.24) is 9.97 Å². The van der Waals surface area contributed by atoms with Crippen molar-refractivity contribution in [3.05, 3.63) is 44.4 Å². The summed E-state index contributed by atoms with van der Waals surface area (Å²) >= 11 is 8.46. The number of rotatable bonds is 1. The van der Waals surface area contributed by atoms with Crippen LogP contribution in [-0.2, 0) is 0 Å². The molecule has 2 rings (SSSR count). The Kier molecular flexibility index (Phi) is 3.40. The van der Waals surface area contributed by atoms with Crippen LogP contribution in [0, 0.1) is 24.3 Å². The molecule has 17 heavy (non-hydrogen) atoms. The van der Waals surface area contributed by atoms with Crippen LogP contribution in [0.15, 0.2) is 22.7 Å². The molecule has 0 fully saturated rings. The summed E-state index contributed by atoms with van der Waals surface area (Å²) in [6.45, 7) is 3.73. The van der Waals surface area contributed by atoms with Gasteiger partial charge in [-0.3, -0.25) is 0 Å². The van der Waals surface area contributed by atoms with Gasteiger partial charge in [-0.1, -0.05) is 12.2 Å². The Morgan fingerprint density at radius 3 is 2.59 bits per heavy atom. The van der Waals surface area contributed by atoms with Gasteiger partial charge in [0.15, 0.2) is 0 Å². The summed E-state index contributed by atoms with van der Waals surface area (Å²) in [5, 5.41) is 0. The Balaban J connectivity index is 2.65. The Morgan fingerprint density at radius 2 is 2.00 bits per heavy atom. The molecule has 0 aliphatic heterocycles. The molecule has 0 saturated carbocycles. The van der Waals surface area contributed by atoms with Crippen molar-refractivity contribution in [3.63, 3.8) is 0 Å². The van der Waals surface area contributed by atoms with Crippen molar-refractivity contribution in [2.45, 2.75) is 13.8 Å². The van der Waals surface area contributed by atoms with Gasteiger partial charge in [-0.2, -0.15) is 0 Å². The van der Waals surface area contributed by atoms with Crippen LogP contribution in [-0.4, -0.2) is 9.97 Å². The molecule has 0 saturated heterocycles. The van der Waals surface area contributed by atoms with Crippen LogP contribution in [0.1, 0.15) is 11.3 Å². The zero-order valence-corrected chi connectivity index (χ0v) is 11.7. The quantitative estimate of drug-likeness (QED) is 0.794. The zero-order valence-electron chi connectivity index (χ0n) is 9.34. The van der Waals surface area contributed by atoms with Crippen molar-refractivity contribution < 1.29 is 4.39 Å². The Hall–Kier alpha value is -1.07. The summed E-state index contributed by atoms with van der Waals surface area (Å²) in [7, 11) is 0. The molecular weight excluding hydrogens is 303 g/mol. The fourth-order valence-electron chi connectivity index (χ4n) is 1.58. The van der Waals surface area contributed by atoms with E-state index in [1.54, 1.807) is 0 Å². The van der Waals surface area contributed by atoms with E-state index >= 15 is 0 Å². The van der Waals surface area contributed by atoms with Crippen LogP contribution in [0.25, 0.3) is 11.4 Å². The minimum Gasteiger partial charge on any atom is -0.342 e. The smallest absolute Gasteiger partial charge is 0.144 e. The van der Waals surface area contributed by atoms with E-state index in [0.29, 0.717) is 16.0 Å². The summed E-state index contributed by atoms with van der Waals surface area (Å²) < 4.78 is 14.6. The highest BCUT2D eigenvalue weighted by molar-refractivity contribution is 9.10. The van der Waals surface area contributed by atoms with Crippen LogP contribution in [0.3, 0.4) is 0 Å². The molecule has 88 valence electrons. The van der Waals surface area contributed by atoms with Gasteiger partial charge in [-0.25, -0.2) is 9.37 Å². The van der Waals surface area contributed by atoms with Crippen LogP contribution < -0.4 is 0 Å². The van der Waals surface area contributed by atoms with Gasteiger partial charge in [-0.15, -0.1) is 0 Å². The second kappa shape index (κ2) is 4.66. The molecule has 0 aliphatic carbocycles. The molecule has 2 nitrogen and oxygen atoms in total. The average molecular weight is 313 g/mol. The van der Waals surface area contributed by atoms with Crippen molar-refractivity contribution in [2.75, 3.05) is 0 Å². The number of aromatic nitrogens is 2.